The van der Waals surface area contributed by atoms with Gasteiger partial charge in [-0.05, 0) is 12.8 Å². The molecule has 76 valence electrons. The van der Waals surface area contributed by atoms with Gasteiger partial charge in [-0.25, -0.2) is 4.98 Å². The number of rotatable bonds is 2. The Labute approximate surface area is 85.2 Å². The number of ether oxygens (including phenoxy) is 1. The van der Waals surface area contributed by atoms with E-state index in [1.807, 2.05) is 0 Å². The highest BCUT2D eigenvalue weighted by atomic mass is 35.5. The maximum Gasteiger partial charge on any atom is 0.273 e. The van der Waals surface area contributed by atoms with Crippen LogP contribution in [0.5, 0.6) is 5.88 Å². The molecule has 6 heteroatoms. The third kappa shape index (κ3) is 1.73. The minimum Gasteiger partial charge on any atom is -0.473 e. The van der Waals surface area contributed by atoms with Crippen molar-refractivity contribution >= 4 is 11.6 Å². The first-order valence-electron chi connectivity index (χ1n) is 4.32. The Morgan fingerprint density at radius 3 is 3.00 bits per heavy atom. The smallest absolute Gasteiger partial charge is 0.273 e. The van der Waals surface area contributed by atoms with Gasteiger partial charge < -0.3 is 15.5 Å². The molecule has 0 saturated heterocycles. The standard InChI is InChI=1S/C8H10ClN3O2/c9-6-7(13)11-3-12-8(6)14-5-1-4(10)2-5/h3-5H,1-2,10H2,(H,11,12,13). The number of hydrogen-bond donors (Lipinski definition) is 2. The first kappa shape index (κ1) is 9.48. The van der Waals surface area contributed by atoms with E-state index in [4.69, 9.17) is 22.1 Å². The number of H-pyrrole nitrogens is 1. The van der Waals surface area contributed by atoms with Gasteiger partial charge in [0.15, 0.2) is 5.02 Å². The normalized spacial score (nSPS) is 25.6. The number of nitrogens with zero attached hydrogens (tertiary/aromatic N) is 1. The molecular weight excluding hydrogens is 206 g/mol. The summed E-state index contributed by atoms with van der Waals surface area (Å²) in [6.45, 7) is 0. The monoisotopic (exact) mass is 215 g/mol. The van der Waals surface area contributed by atoms with Crippen LogP contribution in [0.2, 0.25) is 5.02 Å². The van der Waals surface area contributed by atoms with Crippen LogP contribution in [-0.4, -0.2) is 22.1 Å². The molecular formula is C8H10ClN3O2. The number of aromatic nitrogens is 2. The molecule has 0 unspecified atom stereocenters. The molecule has 0 amide bonds. The van der Waals surface area contributed by atoms with E-state index in [2.05, 4.69) is 9.97 Å². The molecule has 1 aromatic rings. The molecule has 14 heavy (non-hydrogen) atoms. The van der Waals surface area contributed by atoms with Crippen LogP contribution < -0.4 is 16.0 Å². The van der Waals surface area contributed by atoms with Crippen molar-refractivity contribution in [2.24, 2.45) is 5.73 Å². The summed E-state index contributed by atoms with van der Waals surface area (Å²) in [5, 5.41) is -0.00651. The Morgan fingerprint density at radius 2 is 2.36 bits per heavy atom. The third-order valence-corrected chi connectivity index (χ3v) is 2.51. The van der Waals surface area contributed by atoms with Gasteiger partial charge in [0.05, 0.1) is 6.33 Å². The van der Waals surface area contributed by atoms with Crippen LogP contribution in [0.15, 0.2) is 11.1 Å². The minimum atomic E-state index is -0.389. The largest absolute Gasteiger partial charge is 0.473 e. The molecule has 1 saturated carbocycles. The van der Waals surface area contributed by atoms with E-state index in [0.29, 0.717) is 0 Å². The van der Waals surface area contributed by atoms with E-state index >= 15 is 0 Å². The molecule has 0 bridgehead atoms. The number of hydrogen-bond acceptors (Lipinski definition) is 4. The predicted molar refractivity (Wildman–Crippen MR) is 51.5 cm³/mol. The Hall–Kier alpha value is -1.07. The Bertz CT molecular complexity index is 386. The van der Waals surface area contributed by atoms with Gasteiger partial charge in [0.1, 0.15) is 6.10 Å². The minimum absolute atomic E-state index is 0.00651. The van der Waals surface area contributed by atoms with Crippen molar-refractivity contribution < 1.29 is 4.74 Å². The van der Waals surface area contributed by atoms with E-state index in [1.54, 1.807) is 0 Å². The lowest BCUT2D eigenvalue weighted by Gasteiger charge is -2.32. The second-order valence-corrected chi connectivity index (χ2v) is 3.70. The van der Waals surface area contributed by atoms with E-state index < -0.39 is 0 Å². The quantitative estimate of drug-likeness (QED) is 0.743. The molecule has 1 aliphatic rings. The van der Waals surface area contributed by atoms with Crippen LogP contribution in [0.4, 0.5) is 0 Å². The fourth-order valence-corrected chi connectivity index (χ4v) is 1.46. The molecule has 2 rings (SSSR count). The van der Waals surface area contributed by atoms with Crippen molar-refractivity contribution in [3.05, 3.63) is 21.7 Å². The average molecular weight is 216 g/mol. The van der Waals surface area contributed by atoms with Gasteiger partial charge in [0.25, 0.3) is 5.56 Å². The molecule has 1 heterocycles. The Balaban J connectivity index is 2.10. The van der Waals surface area contributed by atoms with Crippen LogP contribution in [0.3, 0.4) is 0 Å². The summed E-state index contributed by atoms with van der Waals surface area (Å²) >= 11 is 5.69. The molecule has 0 atom stereocenters. The fraction of sp³-hybridized carbons (Fsp3) is 0.500. The molecule has 1 aromatic heterocycles. The zero-order valence-electron chi connectivity index (χ0n) is 7.37. The highest BCUT2D eigenvalue weighted by molar-refractivity contribution is 6.31. The van der Waals surface area contributed by atoms with E-state index in [1.165, 1.54) is 6.33 Å². The van der Waals surface area contributed by atoms with Crippen molar-refractivity contribution in [3.8, 4) is 5.88 Å². The average Bonchev–Trinajstić information content (AvgIpc) is 2.10. The third-order valence-electron chi connectivity index (χ3n) is 2.17. The Kier molecular flexibility index (Phi) is 2.43. The lowest BCUT2D eigenvalue weighted by molar-refractivity contribution is 0.0956. The molecule has 0 spiro atoms. The molecule has 3 N–H and O–H groups in total. The second-order valence-electron chi connectivity index (χ2n) is 3.32. The topological polar surface area (TPSA) is 81.0 Å². The maximum atomic E-state index is 11.1. The van der Waals surface area contributed by atoms with Crippen molar-refractivity contribution in [2.45, 2.75) is 25.0 Å². The molecule has 0 radical (unpaired) electrons. The first-order chi connectivity index (χ1) is 6.66. The molecule has 5 nitrogen and oxygen atoms in total. The van der Waals surface area contributed by atoms with Gasteiger partial charge in [0, 0.05) is 6.04 Å². The highest BCUT2D eigenvalue weighted by Crippen LogP contribution is 2.25. The zero-order valence-corrected chi connectivity index (χ0v) is 8.12. The summed E-state index contributed by atoms with van der Waals surface area (Å²) in [6.07, 6.45) is 2.87. The summed E-state index contributed by atoms with van der Waals surface area (Å²) < 4.78 is 5.39. The summed E-state index contributed by atoms with van der Waals surface area (Å²) in [5.41, 5.74) is 5.20. The van der Waals surface area contributed by atoms with Gasteiger partial charge in [0.2, 0.25) is 5.88 Å². The summed E-state index contributed by atoms with van der Waals surface area (Å²) in [7, 11) is 0. The summed E-state index contributed by atoms with van der Waals surface area (Å²) in [5.74, 6) is 0.187. The number of nitrogens with two attached hydrogens (primary N) is 1. The van der Waals surface area contributed by atoms with Gasteiger partial charge in [-0.15, -0.1) is 0 Å². The Morgan fingerprint density at radius 1 is 1.64 bits per heavy atom. The zero-order chi connectivity index (χ0) is 10.1. The van der Waals surface area contributed by atoms with Gasteiger partial charge in [-0.1, -0.05) is 11.6 Å². The van der Waals surface area contributed by atoms with Crippen molar-refractivity contribution in [3.63, 3.8) is 0 Å². The van der Waals surface area contributed by atoms with Crippen LogP contribution >= 0.6 is 11.6 Å². The fourth-order valence-electron chi connectivity index (χ4n) is 1.31. The first-order valence-corrected chi connectivity index (χ1v) is 4.70. The number of halogens is 1. The van der Waals surface area contributed by atoms with Crippen molar-refractivity contribution in [1.29, 1.82) is 0 Å². The molecule has 1 fully saturated rings. The molecule has 0 aromatic carbocycles. The maximum absolute atomic E-state index is 11.1. The lowest BCUT2D eigenvalue weighted by atomic mass is 9.90. The number of nitrogens with one attached hydrogen (secondary N) is 1. The van der Waals surface area contributed by atoms with E-state index in [0.717, 1.165) is 12.8 Å². The van der Waals surface area contributed by atoms with Crippen LogP contribution in [0.1, 0.15) is 12.8 Å². The lowest BCUT2D eigenvalue weighted by Crippen LogP contribution is -2.43. The number of aromatic amines is 1. The van der Waals surface area contributed by atoms with Gasteiger partial charge in [-0.2, -0.15) is 0 Å². The van der Waals surface area contributed by atoms with E-state index in [9.17, 15) is 4.79 Å². The molecule has 1 aliphatic carbocycles. The van der Waals surface area contributed by atoms with E-state index in [-0.39, 0.29) is 28.6 Å². The van der Waals surface area contributed by atoms with Crippen LogP contribution in [-0.2, 0) is 0 Å². The van der Waals surface area contributed by atoms with Crippen molar-refractivity contribution in [2.75, 3.05) is 0 Å². The van der Waals surface area contributed by atoms with Gasteiger partial charge in [-0.3, -0.25) is 4.79 Å². The highest BCUT2D eigenvalue weighted by Gasteiger charge is 2.28. The van der Waals surface area contributed by atoms with Crippen LogP contribution in [0, 0.1) is 0 Å². The van der Waals surface area contributed by atoms with Crippen molar-refractivity contribution in [1.82, 2.24) is 9.97 Å². The van der Waals surface area contributed by atoms with Gasteiger partial charge >= 0.3 is 0 Å². The van der Waals surface area contributed by atoms with Crippen LogP contribution in [0.25, 0.3) is 0 Å². The second kappa shape index (κ2) is 3.59. The SMILES string of the molecule is NC1CC(Oc2nc[nH]c(=O)c2Cl)C1. The summed E-state index contributed by atoms with van der Waals surface area (Å²) in [4.78, 5) is 17.2. The summed E-state index contributed by atoms with van der Waals surface area (Å²) in [6, 6.07) is 0.195. The predicted octanol–water partition coefficient (Wildman–Crippen LogP) is 0.292. The molecule has 0 aliphatic heterocycles.